The van der Waals surface area contributed by atoms with Crippen LogP contribution in [0.25, 0.3) is 0 Å². The molecule has 0 aliphatic carbocycles. The topological polar surface area (TPSA) is 29.1 Å². The van der Waals surface area contributed by atoms with Crippen LogP contribution < -0.4 is 17.7 Å². The predicted molar refractivity (Wildman–Crippen MR) is 129 cm³/mol. The number of unbranched alkanes of at least 4 members (excludes halogenated alkanes) is 11. The molecule has 0 aliphatic heterocycles. The van der Waals surface area contributed by atoms with Crippen LogP contribution in [0.2, 0.25) is 0 Å². The van der Waals surface area contributed by atoms with E-state index in [4.69, 9.17) is 0 Å². The maximum absolute atomic E-state index is 11.9. The van der Waals surface area contributed by atoms with Gasteiger partial charge in [0.2, 0.25) is 5.91 Å². The van der Waals surface area contributed by atoms with E-state index in [1.807, 2.05) is 6.08 Å². The summed E-state index contributed by atoms with van der Waals surface area (Å²) in [4.78, 5) is 11.9. The first-order valence-electron chi connectivity index (χ1n) is 12.4. The van der Waals surface area contributed by atoms with Crippen molar-refractivity contribution in [3.05, 3.63) is 24.8 Å². The molecule has 0 saturated carbocycles. The molecule has 0 aromatic rings. The normalized spacial score (nSPS) is 11.4. The molecular formula is C26H51ClN2O. The second-order valence-electron chi connectivity index (χ2n) is 9.17. The van der Waals surface area contributed by atoms with Gasteiger partial charge in [-0.25, -0.2) is 0 Å². The van der Waals surface area contributed by atoms with Crippen LogP contribution in [-0.4, -0.2) is 44.1 Å². The molecule has 178 valence electrons. The fourth-order valence-electron chi connectivity index (χ4n) is 3.62. The molecule has 1 N–H and O–H groups in total. The maximum atomic E-state index is 11.9. The molecule has 0 rings (SSSR count). The molecule has 0 aromatic carbocycles. The second kappa shape index (κ2) is 22.9. The molecule has 0 aliphatic rings. The summed E-state index contributed by atoms with van der Waals surface area (Å²) in [5.41, 5.74) is 0. The van der Waals surface area contributed by atoms with Crippen LogP contribution in [0.1, 0.15) is 103 Å². The molecular weight excluding hydrogens is 392 g/mol. The summed E-state index contributed by atoms with van der Waals surface area (Å²) < 4.78 is 0.938. The van der Waals surface area contributed by atoms with Crippen molar-refractivity contribution < 1.29 is 21.7 Å². The highest BCUT2D eigenvalue weighted by Crippen LogP contribution is 2.10. The summed E-state index contributed by atoms with van der Waals surface area (Å²) in [6.45, 7) is 8.91. The van der Waals surface area contributed by atoms with Gasteiger partial charge in [0.15, 0.2) is 0 Å². The minimum atomic E-state index is 0. The molecule has 0 unspecified atom stereocenters. The Labute approximate surface area is 194 Å². The number of nitrogens with one attached hydrogen (secondary N) is 1. The number of rotatable bonds is 21. The van der Waals surface area contributed by atoms with Crippen molar-refractivity contribution in [2.24, 2.45) is 0 Å². The Bertz CT molecular complexity index is 421. The van der Waals surface area contributed by atoms with Gasteiger partial charge in [-0.1, -0.05) is 77.0 Å². The van der Waals surface area contributed by atoms with E-state index in [0.717, 1.165) is 37.0 Å². The highest BCUT2D eigenvalue weighted by Gasteiger charge is 2.11. The van der Waals surface area contributed by atoms with Crippen LogP contribution in [0.5, 0.6) is 0 Å². The largest absolute Gasteiger partial charge is 1.00 e. The third-order valence-electron chi connectivity index (χ3n) is 5.55. The molecule has 0 spiro atoms. The van der Waals surface area contributed by atoms with Gasteiger partial charge < -0.3 is 22.2 Å². The zero-order chi connectivity index (χ0) is 21.6. The minimum Gasteiger partial charge on any atom is -1.00 e. The van der Waals surface area contributed by atoms with Gasteiger partial charge in [-0.3, -0.25) is 4.79 Å². The van der Waals surface area contributed by atoms with E-state index in [2.05, 4.69) is 45.1 Å². The standard InChI is InChI=1S/C26H50N2O.ClH/c1-5-7-8-9-10-11-12-13-14-15-16-17-18-19-20-22-26(29)27-23-21-25-28(3,4)24-6-2;/h6,13-14H,2,5,7-12,15-25H2,1,3-4H3;1H. The average Bonchev–Trinajstić information content (AvgIpc) is 2.68. The van der Waals surface area contributed by atoms with Gasteiger partial charge in [0, 0.05) is 19.4 Å². The van der Waals surface area contributed by atoms with Crippen LogP contribution in [0, 0.1) is 0 Å². The average molecular weight is 443 g/mol. The van der Waals surface area contributed by atoms with Crippen molar-refractivity contribution in [3.8, 4) is 0 Å². The van der Waals surface area contributed by atoms with Crippen molar-refractivity contribution in [3.63, 3.8) is 0 Å². The molecule has 4 heteroatoms. The summed E-state index contributed by atoms with van der Waals surface area (Å²) in [7, 11) is 4.41. The molecule has 0 bridgehead atoms. The lowest BCUT2D eigenvalue weighted by Gasteiger charge is -2.28. The third kappa shape index (κ3) is 23.5. The fourth-order valence-corrected chi connectivity index (χ4v) is 3.62. The number of carbonyl (C=O) groups excluding carboxylic acids is 1. The molecule has 0 saturated heterocycles. The van der Waals surface area contributed by atoms with Gasteiger partial charge in [0.1, 0.15) is 0 Å². The summed E-state index contributed by atoms with van der Waals surface area (Å²) in [5, 5.41) is 3.06. The van der Waals surface area contributed by atoms with Crippen LogP contribution in [0.3, 0.4) is 0 Å². The molecule has 1 amide bonds. The summed E-state index contributed by atoms with van der Waals surface area (Å²) >= 11 is 0. The van der Waals surface area contributed by atoms with Gasteiger partial charge in [-0.05, 0) is 38.2 Å². The summed E-state index contributed by atoms with van der Waals surface area (Å²) in [5.74, 6) is 0.219. The van der Waals surface area contributed by atoms with Crippen LogP contribution in [0.15, 0.2) is 24.8 Å². The lowest BCUT2D eigenvalue weighted by Crippen LogP contribution is -3.00. The van der Waals surface area contributed by atoms with Gasteiger partial charge in [-0.15, -0.1) is 0 Å². The number of nitrogens with zero attached hydrogens (tertiary/aromatic N) is 1. The van der Waals surface area contributed by atoms with E-state index < -0.39 is 0 Å². The minimum absolute atomic E-state index is 0. The highest BCUT2D eigenvalue weighted by molar-refractivity contribution is 5.75. The molecule has 0 atom stereocenters. The van der Waals surface area contributed by atoms with Crippen LogP contribution in [-0.2, 0) is 4.79 Å². The van der Waals surface area contributed by atoms with E-state index in [9.17, 15) is 4.79 Å². The van der Waals surface area contributed by atoms with Crippen LogP contribution in [0.4, 0.5) is 0 Å². The van der Waals surface area contributed by atoms with Crippen molar-refractivity contribution in [2.45, 2.75) is 103 Å². The smallest absolute Gasteiger partial charge is 0.219 e. The second-order valence-corrected chi connectivity index (χ2v) is 9.17. The molecule has 0 radical (unpaired) electrons. The number of quaternary nitrogens is 1. The molecule has 30 heavy (non-hydrogen) atoms. The van der Waals surface area contributed by atoms with E-state index in [0.29, 0.717) is 6.42 Å². The zero-order valence-corrected chi connectivity index (χ0v) is 21.2. The zero-order valence-electron chi connectivity index (χ0n) is 20.4. The summed E-state index contributed by atoms with van der Waals surface area (Å²) in [6.07, 6.45) is 25.2. The van der Waals surface area contributed by atoms with Gasteiger partial charge in [0.25, 0.3) is 0 Å². The molecule has 0 fully saturated rings. The van der Waals surface area contributed by atoms with E-state index >= 15 is 0 Å². The first kappa shape index (κ1) is 31.4. The van der Waals surface area contributed by atoms with Crippen LogP contribution >= 0.6 is 0 Å². The Balaban J connectivity index is 0. The Morgan fingerprint density at radius 3 is 1.93 bits per heavy atom. The lowest BCUT2D eigenvalue weighted by molar-refractivity contribution is -0.884. The SMILES string of the molecule is C=CC[N+](C)(C)CCCNC(=O)CCCCCCCC=CCCCCCCCC.[Cl-]. The Morgan fingerprint density at radius 2 is 1.37 bits per heavy atom. The van der Waals surface area contributed by atoms with Crippen molar-refractivity contribution in [1.82, 2.24) is 5.32 Å². The number of likely N-dealkylation sites (N-methyl/N-ethyl adjacent to an activating group) is 1. The Morgan fingerprint density at radius 1 is 0.833 bits per heavy atom. The number of amides is 1. The molecule has 0 aromatic heterocycles. The number of carbonyl (C=O) groups is 1. The number of halogens is 1. The van der Waals surface area contributed by atoms with Crippen molar-refractivity contribution in [1.29, 1.82) is 0 Å². The maximum Gasteiger partial charge on any atom is 0.219 e. The van der Waals surface area contributed by atoms with E-state index in [-0.39, 0.29) is 18.3 Å². The molecule has 3 nitrogen and oxygen atoms in total. The fraction of sp³-hybridized carbons (Fsp3) is 0.808. The van der Waals surface area contributed by atoms with E-state index in [1.54, 1.807) is 0 Å². The van der Waals surface area contributed by atoms with Crippen molar-refractivity contribution in [2.75, 3.05) is 33.7 Å². The monoisotopic (exact) mass is 442 g/mol. The van der Waals surface area contributed by atoms with Gasteiger partial charge in [0.05, 0.1) is 27.2 Å². The number of hydrogen-bond donors (Lipinski definition) is 1. The van der Waals surface area contributed by atoms with E-state index in [1.165, 1.54) is 77.0 Å². The predicted octanol–water partition coefficient (Wildman–Crippen LogP) is 3.80. The Kier molecular flexibility index (Phi) is 23.9. The Hall–Kier alpha value is -0.800. The highest BCUT2D eigenvalue weighted by atomic mass is 35.5. The third-order valence-corrected chi connectivity index (χ3v) is 5.55. The van der Waals surface area contributed by atoms with Gasteiger partial charge >= 0.3 is 0 Å². The van der Waals surface area contributed by atoms with Gasteiger partial charge in [-0.2, -0.15) is 0 Å². The quantitative estimate of drug-likeness (QED) is 0.163. The first-order chi connectivity index (χ1) is 14.0. The molecule has 0 heterocycles. The summed E-state index contributed by atoms with van der Waals surface area (Å²) in [6, 6.07) is 0. The lowest BCUT2D eigenvalue weighted by atomic mass is 10.1. The van der Waals surface area contributed by atoms with Crippen molar-refractivity contribution >= 4 is 5.91 Å². The number of allylic oxidation sites excluding steroid dienone is 2. The first-order valence-corrected chi connectivity index (χ1v) is 12.4. The number of hydrogen-bond acceptors (Lipinski definition) is 1.